The monoisotopic (exact) mass is 325 g/mol. The van der Waals surface area contributed by atoms with Gasteiger partial charge in [-0.25, -0.2) is 0 Å². The maximum absolute atomic E-state index is 10.6. The van der Waals surface area contributed by atoms with E-state index >= 15 is 0 Å². The molecule has 1 heterocycles. The molecule has 0 saturated heterocycles. The Balaban J connectivity index is 1.98. The minimum atomic E-state index is -0.830. The molecule has 0 aliphatic carbocycles. The average Bonchev–Trinajstić information content (AvgIpc) is 2.97. The van der Waals surface area contributed by atoms with E-state index in [0.29, 0.717) is 6.54 Å². The number of rotatable bonds is 6. The molecule has 0 fully saturated rings. The Labute approximate surface area is 139 Å². The lowest BCUT2D eigenvalue weighted by atomic mass is 9.96. The maximum atomic E-state index is 10.6. The Morgan fingerprint density at radius 2 is 1.91 bits per heavy atom. The lowest BCUT2D eigenvalue weighted by Gasteiger charge is -2.09. The van der Waals surface area contributed by atoms with Crippen LogP contribution in [0, 0.1) is 0 Å². The molecule has 4 heteroatoms. The number of nitrogens with one attached hydrogen (secondary N) is 1. The molecule has 0 radical (unpaired) electrons. The first kappa shape index (κ1) is 15.7. The Hall–Kier alpha value is -2.17. The largest absolute Gasteiger partial charge is 0.480 e. The number of fused-ring (bicyclic) bond motifs is 1. The van der Waals surface area contributed by atoms with Gasteiger partial charge in [-0.3, -0.25) is 4.79 Å². The molecule has 3 rings (SSSR count). The first-order valence-electron chi connectivity index (χ1n) is 7.71. The zero-order chi connectivity index (χ0) is 16.2. The maximum Gasteiger partial charge on any atom is 0.317 e. The van der Waals surface area contributed by atoms with Crippen LogP contribution in [0.25, 0.3) is 21.2 Å². The number of aliphatic carboxylic acids is 1. The fourth-order valence-corrected chi connectivity index (χ4v) is 3.88. The Morgan fingerprint density at radius 1 is 1.13 bits per heavy atom. The van der Waals surface area contributed by atoms with Crippen molar-refractivity contribution in [2.45, 2.75) is 19.9 Å². The summed E-state index contributed by atoms with van der Waals surface area (Å²) in [7, 11) is 0. The molecular weight excluding hydrogens is 306 g/mol. The molecule has 0 saturated carbocycles. The zero-order valence-corrected chi connectivity index (χ0v) is 13.8. The van der Waals surface area contributed by atoms with Crippen LogP contribution in [0.15, 0.2) is 48.5 Å². The molecule has 23 heavy (non-hydrogen) atoms. The standard InChI is InChI=1S/C19H19NO2S/c1-2-13-6-3-4-7-15(13)16-8-5-9-18-17(16)10-14(23-18)11-20-12-19(21)22/h3-10,20H,2,11-12H2,1H3,(H,21,22). The van der Waals surface area contributed by atoms with Gasteiger partial charge in [0, 0.05) is 21.5 Å². The number of carboxylic acid groups (broad SMARTS) is 1. The van der Waals surface area contributed by atoms with Crippen LogP contribution in [-0.2, 0) is 17.8 Å². The van der Waals surface area contributed by atoms with Crippen molar-refractivity contribution in [1.29, 1.82) is 0 Å². The molecule has 3 nitrogen and oxygen atoms in total. The lowest BCUT2D eigenvalue weighted by Crippen LogP contribution is -2.21. The quantitative estimate of drug-likeness (QED) is 0.710. The van der Waals surface area contributed by atoms with Crippen molar-refractivity contribution < 1.29 is 9.90 Å². The van der Waals surface area contributed by atoms with Gasteiger partial charge in [0.15, 0.2) is 0 Å². The molecule has 0 aliphatic rings. The van der Waals surface area contributed by atoms with E-state index in [1.807, 2.05) is 0 Å². The molecule has 2 N–H and O–H groups in total. The number of carbonyl (C=O) groups is 1. The van der Waals surface area contributed by atoms with Crippen LogP contribution >= 0.6 is 11.3 Å². The molecule has 0 bridgehead atoms. The van der Waals surface area contributed by atoms with Crippen molar-refractivity contribution in [2.24, 2.45) is 0 Å². The van der Waals surface area contributed by atoms with E-state index in [0.717, 1.165) is 11.3 Å². The molecule has 0 aliphatic heterocycles. The van der Waals surface area contributed by atoms with Gasteiger partial charge in [0.1, 0.15) is 0 Å². The average molecular weight is 325 g/mol. The summed E-state index contributed by atoms with van der Waals surface area (Å²) >= 11 is 1.72. The highest BCUT2D eigenvalue weighted by Gasteiger charge is 2.10. The van der Waals surface area contributed by atoms with Gasteiger partial charge in [0.25, 0.3) is 0 Å². The molecule has 2 aromatic carbocycles. The minimum absolute atomic E-state index is 0.0141. The minimum Gasteiger partial charge on any atom is -0.480 e. The fourth-order valence-electron chi connectivity index (χ4n) is 2.82. The number of thiophene rings is 1. The Bertz CT molecular complexity index is 838. The van der Waals surface area contributed by atoms with Crippen LogP contribution in [0.3, 0.4) is 0 Å². The second kappa shape index (κ2) is 6.94. The Kier molecular flexibility index (Phi) is 4.74. The van der Waals surface area contributed by atoms with E-state index in [9.17, 15) is 4.79 Å². The van der Waals surface area contributed by atoms with Crippen molar-refractivity contribution in [3.05, 3.63) is 59.0 Å². The molecule has 0 amide bonds. The van der Waals surface area contributed by atoms with Crippen LogP contribution in [0.2, 0.25) is 0 Å². The van der Waals surface area contributed by atoms with Crippen LogP contribution in [0.5, 0.6) is 0 Å². The van der Waals surface area contributed by atoms with Crippen LogP contribution in [-0.4, -0.2) is 17.6 Å². The molecule has 1 aromatic heterocycles. The van der Waals surface area contributed by atoms with E-state index in [2.05, 4.69) is 60.8 Å². The predicted molar refractivity (Wildman–Crippen MR) is 96.0 cm³/mol. The number of aryl methyl sites for hydroxylation is 1. The summed E-state index contributed by atoms with van der Waals surface area (Å²) in [6.07, 6.45) is 1.00. The third-order valence-corrected chi connectivity index (χ3v) is 4.98. The molecule has 118 valence electrons. The van der Waals surface area contributed by atoms with Gasteiger partial charge >= 0.3 is 5.97 Å². The van der Waals surface area contributed by atoms with Gasteiger partial charge in [-0.05, 0) is 35.2 Å². The normalized spacial score (nSPS) is 11.0. The smallest absolute Gasteiger partial charge is 0.317 e. The van der Waals surface area contributed by atoms with Crippen molar-refractivity contribution in [3.63, 3.8) is 0 Å². The first-order valence-corrected chi connectivity index (χ1v) is 8.53. The first-order chi connectivity index (χ1) is 11.2. The second-order valence-corrected chi connectivity index (χ2v) is 6.61. The van der Waals surface area contributed by atoms with Crippen molar-refractivity contribution >= 4 is 27.4 Å². The lowest BCUT2D eigenvalue weighted by molar-refractivity contribution is -0.135. The zero-order valence-electron chi connectivity index (χ0n) is 13.0. The highest BCUT2D eigenvalue weighted by Crippen LogP contribution is 2.35. The van der Waals surface area contributed by atoms with Crippen molar-refractivity contribution in [1.82, 2.24) is 5.32 Å². The van der Waals surface area contributed by atoms with Gasteiger partial charge in [0.05, 0.1) is 6.54 Å². The molecule has 0 unspecified atom stereocenters. The summed E-state index contributed by atoms with van der Waals surface area (Å²) in [5.41, 5.74) is 3.88. The van der Waals surface area contributed by atoms with Crippen LogP contribution in [0.4, 0.5) is 0 Å². The number of benzene rings is 2. The van der Waals surface area contributed by atoms with Crippen LogP contribution in [0.1, 0.15) is 17.4 Å². The number of carboxylic acids is 1. The third-order valence-electron chi connectivity index (χ3n) is 3.88. The molecule has 3 aromatic rings. The summed E-state index contributed by atoms with van der Waals surface area (Å²) in [4.78, 5) is 11.8. The van der Waals surface area contributed by atoms with Crippen molar-refractivity contribution in [2.75, 3.05) is 6.54 Å². The van der Waals surface area contributed by atoms with Gasteiger partial charge in [0.2, 0.25) is 0 Å². The third kappa shape index (κ3) is 3.44. The van der Waals surface area contributed by atoms with Gasteiger partial charge in [-0.1, -0.05) is 43.3 Å². The number of hydrogen-bond acceptors (Lipinski definition) is 3. The highest BCUT2D eigenvalue weighted by atomic mass is 32.1. The fraction of sp³-hybridized carbons (Fsp3) is 0.211. The Morgan fingerprint density at radius 3 is 2.70 bits per heavy atom. The van der Waals surface area contributed by atoms with E-state index in [1.165, 1.54) is 26.8 Å². The molecule has 0 atom stereocenters. The molecular formula is C19H19NO2S. The number of hydrogen-bond donors (Lipinski definition) is 2. The van der Waals surface area contributed by atoms with E-state index < -0.39 is 5.97 Å². The van der Waals surface area contributed by atoms with Crippen LogP contribution < -0.4 is 5.32 Å². The van der Waals surface area contributed by atoms with Gasteiger partial charge < -0.3 is 10.4 Å². The summed E-state index contributed by atoms with van der Waals surface area (Å²) in [6.45, 7) is 2.74. The summed E-state index contributed by atoms with van der Waals surface area (Å²) < 4.78 is 1.24. The van der Waals surface area contributed by atoms with Gasteiger partial charge in [-0.2, -0.15) is 0 Å². The van der Waals surface area contributed by atoms with Crippen molar-refractivity contribution in [3.8, 4) is 11.1 Å². The topological polar surface area (TPSA) is 49.3 Å². The van der Waals surface area contributed by atoms with E-state index in [1.54, 1.807) is 11.3 Å². The summed E-state index contributed by atoms with van der Waals surface area (Å²) in [5, 5.41) is 12.9. The van der Waals surface area contributed by atoms with E-state index in [-0.39, 0.29) is 6.54 Å². The van der Waals surface area contributed by atoms with E-state index in [4.69, 9.17) is 5.11 Å². The summed E-state index contributed by atoms with van der Waals surface area (Å²) in [5.74, 6) is -0.830. The summed E-state index contributed by atoms with van der Waals surface area (Å²) in [6, 6.07) is 17.1. The van der Waals surface area contributed by atoms with Gasteiger partial charge in [-0.15, -0.1) is 11.3 Å². The SMILES string of the molecule is CCc1ccccc1-c1cccc2sc(CNCC(=O)O)cc12. The second-order valence-electron chi connectivity index (χ2n) is 5.44. The predicted octanol–water partition coefficient (Wildman–Crippen LogP) is 4.30. The molecule has 0 spiro atoms. The highest BCUT2D eigenvalue weighted by molar-refractivity contribution is 7.19.